The molecule has 8 nitrogen and oxygen atoms in total. The number of carbonyl (C=O) groups excluding carboxylic acids is 3. The van der Waals surface area contributed by atoms with E-state index in [1.165, 1.54) is 16.2 Å². The molecule has 7 rings (SSSR count). The molecule has 2 saturated carbocycles. The summed E-state index contributed by atoms with van der Waals surface area (Å²) in [5.41, 5.74) is 1.71. The molecule has 2 aromatic carbocycles. The number of anilines is 1. The molecule has 2 aliphatic heterocycles. The Balaban J connectivity index is 1.20. The number of imide groups is 1. The molecule has 2 aliphatic carbocycles. The summed E-state index contributed by atoms with van der Waals surface area (Å²) in [5.74, 6) is -0.810. The monoisotopic (exact) mass is 547 g/mol. The minimum absolute atomic E-state index is 0.0126. The van der Waals surface area contributed by atoms with Gasteiger partial charge in [0, 0.05) is 21.7 Å². The van der Waals surface area contributed by atoms with Crippen molar-refractivity contribution >= 4 is 46.5 Å². The van der Waals surface area contributed by atoms with E-state index in [-0.39, 0.29) is 58.1 Å². The van der Waals surface area contributed by atoms with Crippen LogP contribution in [0.15, 0.2) is 64.4 Å². The zero-order chi connectivity index (χ0) is 26.1. The fraction of sp³-hybridized carbons (Fsp3) is 0.357. The number of rotatable bonds is 5. The van der Waals surface area contributed by atoms with Gasteiger partial charge in [-0.15, -0.1) is 11.8 Å². The number of hydrogen-bond donors (Lipinski definition) is 2. The van der Waals surface area contributed by atoms with Gasteiger partial charge in [-0.2, -0.15) is 0 Å². The molecule has 4 aliphatic rings. The van der Waals surface area contributed by atoms with Crippen LogP contribution in [-0.4, -0.2) is 46.5 Å². The van der Waals surface area contributed by atoms with Gasteiger partial charge in [-0.25, -0.2) is 0 Å². The number of ether oxygens (including phenoxy) is 1. The number of H-pyrrole nitrogens is 1. The number of thiazole rings is 1. The smallest absolute Gasteiger partial charge is 0.305 e. The molecule has 38 heavy (non-hydrogen) atoms. The number of thioether (sulfide) groups is 1. The highest BCUT2D eigenvalue weighted by Gasteiger charge is 2.69. The molecule has 10 heteroatoms. The van der Waals surface area contributed by atoms with Crippen LogP contribution < -0.4 is 14.9 Å². The Bertz CT molecular complexity index is 1500. The highest BCUT2D eigenvalue weighted by molar-refractivity contribution is 8.00. The number of aromatic nitrogens is 1. The third-order valence-corrected chi connectivity index (χ3v) is 11.2. The molecule has 6 unspecified atom stereocenters. The Morgan fingerprint density at radius 3 is 2.45 bits per heavy atom. The lowest BCUT2D eigenvalue weighted by Crippen LogP contribution is -2.42. The molecule has 2 N–H and O–H groups in total. The predicted molar refractivity (Wildman–Crippen MR) is 143 cm³/mol. The van der Waals surface area contributed by atoms with Crippen LogP contribution in [0.1, 0.15) is 22.8 Å². The van der Waals surface area contributed by atoms with Crippen molar-refractivity contribution in [2.24, 2.45) is 29.6 Å². The van der Waals surface area contributed by atoms with Gasteiger partial charge < -0.3 is 15.0 Å². The molecule has 0 radical (unpaired) electrons. The zero-order valence-corrected chi connectivity index (χ0v) is 22.1. The lowest BCUT2D eigenvalue weighted by molar-refractivity contribution is -0.143. The van der Waals surface area contributed by atoms with Crippen molar-refractivity contribution in [3.8, 4) is 5.75 Å². The number of amides is 3. The number of methoxy groups -OCH3 is 1. The number of hydrogen-bond acceptors (Lipinski definition) is 7. The van der Waals surface area contributed by atoms with Crippen LogP contribution in [0.4, 0.5) is 5.69 Å². The highest BCUT2D eigenvalue weighted by atomic mass is 32.2. The maximum Gasteiger partial charge on any atom is 0.305 e. The van der Waals surface area contributed by atoms with Crippen molar-refractivity contribution in [2.75, 3.05) is 19.0 Å². The standard InChI is InChI=1S/C28H25N3O5S2/c1-36-15-9-7-13(8-10-15)19-20-16-11-17(23(20)37-25-24(19)38-28(35)30-25)22-21(16)26(33)31(27(22)34)12-18(32)29-14-5-3-2-4-6-14/h2-10,16-17,19-23H,11-12H2,1H3,(H,29,32)(H,30,35)/t16?,17?,19-,20?,21?,22?,23?/m1/s1. The van der Waals surface area contributed by atoms with E-state index in [1.807, 2.05) is 42.5 Å². The molecular formula is C28H25N3O5S2. The number of benzene rings is 2. The van der Waals surface area contributed by atoms with Gasteiger partial charge in [0.2, 0.25) is 17.7 Å². The van der Waals surface area contributed by atoms with E-state index in [2.05, 4.69) is 10.3 Å². The van der Waals surface area contributed by atoms with Crippen LogP contribution >= 0.6 is 23.1 Å². The van der Waals surface area contributed by atoms with Crippen LogP contribution in [0.5, 0.6) is 5.75 Å². The van der Waals surface area contributed by atoms with E-state index in [1.54, 1.807) is 31.0 Å². The first-order chi connectivity index (χ1) is 18.4. The maximum absolute atomic E-state index is 13.7. The molecule has 3 aromatic rings. The average molecular weight is 548 g/mol. The Morgan fingerprint density at radius 1 is 1.03 bits per heavy atom. The number of aromatic amines is 1. The lowest BCUT2D eigenvalue weighted by Gasteiger charge is -2.43. The third-order valence-electron chi connectivity index (χ3n) is 8.65. The first kappa shape index (κ1) is 23.7. The maximum atomic E-state index is 13.7. The van der Waals surface area contributed by atoms with Crippen LogP contribution in [0.2, 0.25) is 0 Å². The zero-order valence-electron chi connectivity index (χ0n) is 20.5. The number of nitrogens with one attached hydrogen (secondary N) is 2. The second-order valence-electron chi connectivity index (χ2n) is 10.4. The SMILES string of the molecule is COc1ccc([C@H]2c3sc(=O)[nH]c3SC3C4CC(C5C(=O)N(CC(=O)Nc6ccccc6)C(=O)C45)C32)cc1. The Kier molecular flexibility index (Phi) is 5.52. The van der Waals surface area contributed by atoms with Crippen molar-refractivity contribution in [3.63, 3.8) is 0 Å². The molecule has 3 fully saturated rings. The van der Waals surface area contributed by atoms with Crippen molar-refractivity contribution < 1.29 is 19.1 Å². The summed E-state index contributed by atoms with van der Waals surface area (Å²) in [6.07, 6.45) is 0.811. The van der Waals surface area contributed by atoms with Crippen LogP contribution in [0, 0.1) is 29.6 Å². The van der Waals surface area contributed by atoms with Gasteiger partial charge in [-0.05, 0) is 54.0 Å². The summed E-state index contributed by atoms with van der Waals surface area (Å²) in [4.78, 5) is 57.5. The van der Waals surface area contributed by atoms with Crippen molar-refractivity contribution in [1.29, 1.82) is 0 Å². The van der Waals surface area contributed by atoms with Crippen molar-refractivity contribution in [2.45, 2.75) is 22.6 Å². The largest absolute Gasteiger partial charge is 0.497 e. The fourth-order valence-corrected chi connectivity index (χ4v) is 10.2. The second-order valence-corrected chi connectivity index (χ2v) is 12.6. The van der Waals surface area contributed by atoms with E-state index < -0.39 is 11.8 Å². The fourth-order valence-electron chi connectivity index (χ4n) is 7.28. The normalized spacial score (nSPS) is 30.7. The van der Waals surface area contributed by atoms with Gasteiger partial charge in [-0.1, -0.05) is 41.7 Å². The minimum Gasteiger partial charge on any atom is -0.497 e. The summed E-state index contributed by atoms with van der Waals surface area (Å²) in [6, 6.07) is 16.9. The first-order valence-corrected chi connectivity index (χ1v) is 14.4. The summed E-state index contributed by atoms with van der Waals surface area (Å²) < 4.78 is 5.35. The molecular weight excluding hydrogens is 522 g/mol. The van der Waals surface area contributed by atoms with Gasteiger partial charge in [0.25, 0.3) is 0 Å². The van der Waals surface area contributed by atoms with Crippen molar-refractivity contribution in [3.05, 3.63) is 74.7 Å². The van der Waals surface area contributed by atoms with Gasteiger partial charge in [0.1, 0.15) is 12.3 Å². The van der Waals surface area contributed by atoms with E-state index in [4.69, 9.17) is 4.74 Å². The second kappa shape index (κ2) is 8.84. The quantitative estimate of drug-likeness (QED) is 0.473. The molecule has 194 valence electrons. The number of nitrogens with zero attached hydrogens (tertiary/aromatic N) is 1. The van der Waals surface area contributed by atoms with Crippen LogP contribution in [0.25, 0.3) is 0 Å². The van der Waals surface area contributed by atoms with E-state index in [9.17, 15) is 19.2 Å². The Morgan fingerprint density at radius 2 is 1.74 bits per heavy atom. The third kappa shape index (κ3) is 3.50. The molecule has 3 heterocycles. The average Bonchev–Trinajstić information content (AvgIpc) is 3.65. The molecule has 1 saturated heterocycles. The summed E-state index contributed by atoms with van der Waals surface area (Å²) in [7, 11) is 1.63. The van der Waals surface area contributed by atoms with Gasteiger partial charge in [0.05, 0.1) is 24.0 Å². The number of likely N-dealkylation sites (tertiary alicyclic amines) is 1. The lowest BCUT2D eigenvalue weighted by atomic mass is 9.68. The summed E-state index contributed by atoms with van der Waals surface area (Å²) in [5, 5.41) is 3.77. The topological polar surface area (TPSA) is 109 Å². The Labute approximate surface area is 226 Å². The van der Waals surface area contributed by atoms with E-state index in [0.29, 0.717) is 5.69 Å². The Hall–Kier alpha value is -3.37. The van der Waals surface area contributed by atoms with Crippen LogP contribution in [0.3, 0.4) is 0 Å². The van der Waals surface area contributed by atoms with Gasteiger partial charge >= 0.3 is 4.87 Å². The number of fused-ring (bicyclic) bond motifs is 9. The molecule has 3 amide bonds. The molecule has 7 atom stereocenters. The van der Waals surface area contributed by atoms with Gasteiger partial charge in [0.15, 0.2) is 0 Å². The molecule has 0 spiro atoms. The molecule has 2 bridgehead atoms. The van der Waals surface area contributed by atoms with E-state index in [0.717, 1.165) is 27.6 Å². The highest BCUT2D eigenvalue weighted by Crippen LogP contribution is 2.68. The summed E-state index contributed by atoms with van der Waals surface area (Å²) >= 11 is 2.89. The molecule has 1 aromatic heterocycles. The van der Waals surface area contributed by atoms with Gasteiger partial charge in [-0.3, -0.25) is 24.1 Å². The first-order valence-electron chi connectivity index (χ1n) is 12.7. The van der Waals surface area contributed by atoms with Crippen molar-refractivity contribution in [1.82, 2.24) is 9.88 Å². The number of para-hydroxylation sites is 1. The van der Waals surface area contributed by atoms with Crippen LogP contribution in [-0.2, 0) is 14.4 Å². The van der Waals surface area contributed by atoms with E-state index >= 15 is 0 Å². The minimum atomic E-state index is -0.420. The number of carbonyl (C=O) groups is 3. The predicted octanol–water partition coefficient (Wildman–Crippen LogP) is 3.56. The summed E-state index contributed by atoms with van der Waals surface area (Å²) in [6.45, 7) is -0.274.